The van der Waals surface area contributed by atoms with Crippen molar-refractivity contribution in [3.05, 3.63) is 23.2 Å². The molecule has 2 N–H and O–H groups in total. The van der Waals surface area contributed by atoms with Crippen LogP contribution >= 0.6 is 0 Å². The summed E-state index contributed by atoms with van der Waals surface area (Å²) < 4.78 is 5.46. The van der Waals surface area contributed by atoms with Crippen LogP contribution in [0, 0.1) is 12.8 Å². The van der Waals surface area contributed by atoms with Crippen molar-refractivity contribution in [2.75, 3.05) is 0 Å². The van der Waals surface area contributed by atoms with Gasteiger partial charge in [0.25, 0.3) is 0 Å². The number of rotatable bonds is 0. The van der Waals surface area contributed by atoms with Gasteiger partial charge in [-0.25, -0.2) is 0 Å². The Bertz CT molecular complexity index is 472. The molecule has 0 amide bonds. The fourth-order valence-electron chi connectivity index (χ4n) is 2.72. The predicted molar refractivity (Wildman–Crippen MR) is 71.1 cm³/mol. The maximum Gasteiger partial charge on any atom is 0.169 e. The predicted octanol–water partition coefficient (Wildman–Crippen LogP) is 2.25. The van der Waals surface area contributed by atoms with Gasteiger partial charge < -0.3 is 14.6 Å². The minimum Gasteiger partial charge on any atom is -0.468 e. The number of ketones is 1. The molecule has 0 fully saturated rings. The molecular formula is C15H22O4. The highest BCUT2D eigenvalue weighted by atomic mass is 16.3. The maximum atomic E-state index is 12.3. The van der Waals surface area contributed by atoms with Gasteiger partial charge in [0.2, 0.25) is 0 Å². The highest BCUT2D eigenvalue weighted by Gasteiger charge is 2.32. The first-order valence-electron chi connectivity index (χ1n) is 6.81. The van der Waals surface area contributed by atoms with Gasteiger partial charge in [-0.3, -0.25) is 4.79 Å². The molecule has 4 nitrogen and oxygen atoms in total. The SMILES string of the molecule is Cc1coc2c1C(=O)CC(C)(O)CCC(O)C(C)C2. The monoisotopic (exact) mass is 266 g/mol. The van der Waals surface area contributed by atoms with Crippen LogP contribution in [0.3, 0.4) is 0 Å². The Kier molecular flexibility index (Phi) is 3.83. The zero-order chi connectivity index (χ0) is 14.2. The summed E-state index contributed by atoms with van der Waals surface area (Å²) >= 11 is 0. The highest BCUT2D eigenvalue weighted by Crippen LogP contribution is 2.30. The van der Waals surface area contributed by atoms with Crippen LogP contribution in [0.25, 0.3) is 0 Å². The first-order valence-corrected chi connectivity index (χ1v) is 6.81. The molecule has 3 atom stereocenters. The number of aryl methyl sites for hydroxylation is 1. The number of aliphatic hydroxyl groups is 2. The largest absolute Gasteiger partial charge is 0.468 e. The standard InChI is InChI=1S/C15H22O4/c1-9-6-13-14(10(2)8-19-13)12(17)7-15(3,18)5-4-11(9)16/h8-9,11,16,18H,4-7H2,1-3H3. The summed E-state index contributed by atoms with van der Waals surface area (Å²) in [7, 11) is 0. The van der Waals surface area contributed by atoms with E-state index in [1.165, 1.54) is 0 Å². The molecule has 0 bridgehead atoms. The van der Waals surface area contributed by atoms with Crippen LogP contribution in [-0.4, -0.2) is 27.7 Å². The van der Waals surface area contributed by atoms with Crippen LogP contribution in [0.5, 0.6) is 0 Å². The average molecular weight is 266 g/mol. The third-order valence-corrected chi connectivity index (χ3v) is 4.01. The van der Waals surface area contributed by atoms with Crippen LogP contribution in [0.15, 0.2) is 10.7 Å². The normalized spacial score (nSPS) is 33.0. The van der Waals surface area contributed by atoms with Crippen molar-refractivity contribution in [2.45, 2.75) is 58.2 Å². The first kappa shape index (κ1) is 14.3. The molecule has 1 aromatic rings. The molecule has 0 saturated carbocycles. The van der Waals surface area contributed by atoms with E-state index in [4.69, 9.17) is 4.42 Å². The quantitative estimate of drug-likeness (QED) is 0.755. The number of Topliss-reactive ketones (excluding diaryl/α,β-unsaturated/α-hetero) is 1. The lowest BCUT2D eigenvalue weighted by molar-refractivity contribution is 0.0152. The molecule has 1 aromatic heterocycles. The van der Waals surface area contributed by atoms with E-state index in [0.29, 0.717) is 30.6 Å². The van der Waals surface area contributed by atoms with Gasteiger partial charge in [-0.2, -0.15) is 0 Å². The van der Waals surface area contributed by atoms with Gasteiger partial charge in [0.1, 0.15) is 5.76 Å². The second kappa shape index (κ2) is 5.10. The number of furan rings is 1. The Balaban J connectivity index is 2.39. The van der Waals surface area contributed by atoms with Gasteiger partial charge in [-0.1, -0.05) is 6.92 Å². The zero-order valence-electron chi connectivity index (χ0n) is 11.8. The van der Waals surface area contributed by atoms with E-state index >= 15 is 0 Å². The summed E-state index contributed by atoms with van der Waals surface area (Å²) in [5.41, 5.74) is 0.315. The lowest BCUT2D eigenvalue weighted by Gasteiger charge is -2.27. The highest BCUT2D eigenvalue weighted by molar-refractivity contribution is 5.99. The molecule has 19 heavy (non-hydrogen) atoms. The van der Waals surface area contributed by atoms with Crippen LogP contribution in [-0.2, 0) is 6.42 Å². The molecule has 0 aliphatic heterocycles. The Labute approximate surface area is 113 Å². The van der Waals surface area contributed by atoms with Crippen molar-refractivity contribution in [2.24, 2.45) is 5.92 Å². The second-order valence-corrected chi connectivity index (χ2v) is 6.10. The molecule has 106 valence electrons. The first-order chi connectivity index (χ1) is 8.80. The smallest absolute Gasteiger partial charge is 0.169 e. The molecule has 3 unspecified atom stereocenters. The van der Waals surface area contributed by atoms with E-state index in [0.717, 1.165) is 5.56 Å². The minimum atomic E-state index is -1.07. The summed E-state index contributed by atoms with van der Waals surface area (Å²) in [6.07, 6.45) is 2.64. The molecule has 1 heterocycles. The topological polar surface area (TPSA) is 70.7 Å². The number of fused-ring (bicyclic) bond motifs is 1. The molecule has 0 saturated heterocycles. The molecule has 2 rings (SSSR count). The Morgan fingerprint density at radius 3 is 2.84 bits per heavy atom. The van der Waals surface area contributed by atoms with Crippen molar-refractivity contribution >= 4 is 5.78 Å². The Morgan fingerprint density at radius 1 is 1.47 bits per heavy atom. The summed E-state index contributed by atoms with van der Waals surface area (Å²) in [5.74, 6) is 0.563. The van der Waals surface area contributed by atoms with Gasteiger partial charge in [-0.15, -0.1) is 0 Å². The number of hydrogen-bond donors (Lipinski definition) is 2. The van der Waals surface area contributed by atoms with Crippen molar-refractivity contribution in [3.63, 3.8) is 0 Å². The van der Waals surface area contributed by atoms with Gasteiger partial charge in [-0.05, 0) is 38.2 Å². The van der Waals surface area contributed by atoms with Crippen LogP contribution < -0.4 is 0 Å². The summed E-state index contributed by atoms with van der Waals surface area (Å²) in [4.78, 5) is 12.3. The van der Waals surface area contributed by atoms with Crippen molar-refractivity contribution in [1.29, 1.82) is 0 Å². The average Bonchev–Trinajstić information content (AvgIpc) is 2.66. The number of hydrogen-bond acceptors (Lipinski definition) is 4. The van der Waals surface area contributed by atoms with E-state index in [1.807, 2.05) is 13.8 Å². The number of carbonyl (C=O) groups excluding carboxylic acids is 1. The summed E-state index contributed by atoms with van der Waals surface area (Å²) in [6.45, 7) is 5.42. The fourth-order valence-corrected chi connectivity index (χ4v) is 2.72. The zero-order valence-corrected chi connectivity index (χ0v) is 11.8. The minimum absolute atomic E-state index is 0.00556. The molecule has 0 aromatic carbocycles. The summed E-state index contributed by atoms with van der Waals surface area (Å²) in [6, 6.07) is 0. The number of carbonyl (C=O) groups is 1. The maximum absolute atomic E-state index is 12.3. The van der Waals surface area contributed by atoms with E-state index in [-0.39, 0.29) is 18.1 Å². The van der Waals surface area contributed by atoms with Gasteiger partial charge in [0.05, 0.1) is 23.5 Å². The molecule has 0 radical (unpaired) electrons. The lowest BCUT2D eigenvalue weighted by Crippen LogP contribution is -2.32. The molecular weight excluding hydrogens is 244 g/mol. The Morgan fingerprint density at radius 2 is 2.16 bits per heavy atom. The van der Waals surface area contributed by atoms with Crippen molar-refractivity contribution in [3.8, 4) is 0 Å². The van der Waals surface area contributed by atoms with Crippen LogP contribution in [0.4, 0.5) is 0 Å². The van der Waals surface area contributed by atoms with Gasteiger partial charge >= 0.3 is 0 Å². The molecule has 1 aliphatic carbocycles. The van der Waals surface area contributed by atoms with E-state index in [9.17, 15) is 15.0 Å². The second-order valence-electron chi connectivity index (χ2n) is 6.10. The van der Waals surface area contributed by atoms with Crippen molar-refractivity contribution < 1.29 is 19.4 Å². The molecule has 0 spiro atoms. The fraction of sp³-hybridized carbons (Fsp3) is 0.667. The summed E-state index contributed by atoms with van der Waals surface area (Å²) in [5, 5.41) is 20.4. The van der Waals surface area contributed by atoms with E-state index in [1.54, 1.807) is 13.2 Å². The van der Waals surface area contributed by atoms with E-state index in [2.05, 4.69) is 0 Å². The Hall–Kier alpha value is -1.13. The van der Waals surface area contributed by atoms with Crippen LogP contribution in [0.1, 0.15) is 54.8 Å². The molecule has 1 aliphatic rings. The lowest BCUT2D eigenvalue weighted by atomic mass is 9.84. The third-order valence-electron chi connectivity index (χ3n) is 4.01. The van der Waals surface area contributed by atoms with Gasteiger partial charge in [0, 0.05) is 12.8 Å². The van der Waals surface area contributed by atoms with Gasteiger partial charge in [0.15, 0.2) is 5.78 Å². The molecule has 4 heteroatoms. The third kappa shape index (κ3) is 3.07. The number of aliphatic hydroxyl groups excluding tert-OH is 1. The van der Waals surface area contributed by atoms with Crippen molar-refractivity contribution in [1.82, 2.24) is 0 Å². The van der Waals surface area contributed by atoms with Crippen LogP contribution in [0.2, 0.25) is 0 Å². The van der Waals surface area contributed by atoms with E-state index < -0.39 is 11.7 Å².